The van der Waals surface area contributed by atoms with E-state index in [0.717, 1.165) is 25.9 Å². The molecule has 0 unspecified atom stereocenters. The number of halogens is 1. The van der Waals surface area contributed by atoms with Gasteiger partial charge in [0.25, 0.3) is 0 Å². The second-order valence-electron chi connectivity index (χ2n) is 11.5. The van der Waals surface area contributed by atoms with Crippen LogP contribution in [0.3, 0.4) is 0 Å². The first-order chi connectivity index (χ1) is 19.3. The maximum absolute atomic E-state index is 10.3. The molecule has 41 heavy (non-hydrogen) atoms. The molecule has 0 saturated carbocycles. The monoisotopic (exact) mass is 590 g/mol. The third kappa shape index (κ3) is 32.5. The summed E-state index contributed by atoms with van der Waals surface area (Å²) in [5.74, 6) is -0.653. The number of carboxylic acids is 1. The predicted octanol–water partition coefficient (Wildman–Crippen LogP) is 10.3. The second-order valence-corrected chi connectivity index (χ2v) is 11.5. The molecule has 0 radical (unpaired) electrons. The molecular weight excluding hydrogens is 528 g/mol. The van der Waals surface area contributed by atoms with Gasteiger partial charge in [-0.3, -0.25) is 4.79 Å². The lowest BCUT2D eigenvalue weighted by molar-refractivity contribution is -0.137. The maximum atomic E-state index is 10.3. The van der Waals surface area contributed by atoms with Crippen molar-refractivity contribution in [1.82, 2.24) is 9.80 Å². The first-order valence-electron chi connectivity index (χ1n) is 15.9. The smallest absolute Gasteiger partial charge is 0.303 e. The van der Waals surface area contributed by atoms with Crippen molar-refractivity contribution in [3.05, 3.63) is 71.8 Å². The highest BCUT2D eigenvalue weighted by Gasteiger charge is 1.97. The number of hydrogen-bond acceptors (Lipinski definition) is 3. The number of carboxylic acid groups (broad SMARTS) is 1. The van der Waals surface area contributed by atoms with Gasteiger partial charge < -0.3 is 14.9 Å². The van der Waals surface area contributed by atoms with Crippen LogP contribution in [0.1, 0.15) is 121 Å². The number of aliphatic carboxylic acids is 1. The fourth-order valence-corrected chi connectivity index (χ4v) is 4.54. The summed E-state index contributed by atoms with van der Waals surface area (Å²) >= 11 is 0. The minimum atomic E-state index is -0.653. The van der Waals surface area contributed by atoms with E-state index in [9.17, 15) is 4.79 Å². The molecule has 0 spiro atoms. The Balaban J connectivity index is 0. The molecule has 2 aromatic carbocycles. The summed E-state index contributed by atoms with van der Waals surface area (Å²) < 4.78 is 0. The summed E-state index contributed by atoms with van der Waals surface area (Å²) in [6, 6.07) is 20.9. The highest BCUT2D eigenvalue weighted by atomic mass is 35.5. The van der Waals surface area contributed by atoms with Crippen molar-refractivity contribution < 1.29 is 9.90 Å². The zero-order valence-corrected chi connectivity index (χ0v) is 28.0. The Morgan fingerprint density at radius 1 is 0.537 bits per heavy atom. The summed E-state index contributed by atoms with van der Waals surface area (Å²) in [4.78, 5) is 14.7. The molecule has 0 aliphatic rings. The van der Waals surface area contributed by atoms with Gasteiger partial charge in [-0.05, 0) is 45.7 Å². The zero-order chi connectivity index (χ0) is 29.7. The molecular formula is C36H63ClN2O2. The number of rotatable bonds is 20. The molecule has 0 aliphatic carbocycles. The number of unbranched alkanes of at least 4 members (excludes halogenated alkanes) is 14. The van der Waals surface area contributed by atoms with Crippen LogP contribution in [0, 0.1) is 0 Å². The molecule has 0 amide bonds. The molecule has 0 bridgehead atoms. The standard InChI is InChI=1S/C18H36O2.2C9H13N.ClH/c1-2-3-4-5-6-7-8-9-10-11-12-13-14-15-16-17-18(19)20;2*1-10(2)8-9-6-4-3-5-7-9;/h2-17H2,1H3,(H,19,20);2*3-7H,8H2,1-2H3;1H. The van der Waals surface area contributed by atoms with Crippen LogP contribution in [-0.4, -0.2) is 49.1 Å². The van der Waals surface area contributed by atoms with Crippen molar-refractivity contribution >= 4 is 18.4 Å². The van der Waals surface area contributed by atoms with E-state index >= 15 is 0 Å². The maximum Gasteiger partial charge on any atom is 0.303 e. The summed E-state index contributed by atoms with van der Waals surface area (Å²) in [5, 5.41) is 8.52. The SMILES string of the molecule is CCCCCCCCCCCCCCCCCC(=O)O.CN(C)Cc1ccccc1.CN(C)Cc1ccccc1.Cl. The molecule has 0 heterocycles. The van der Waals surface area contributed by atoms with Gasteiger partial charge in [-0.2, -0.15) is 0 Å². The number of nitrogens with zero attached hydrogens (tertiary/aromatic N) is 2. The molecule has 0 atom stereocenters. The van der Waals surface area contributed by atoms with Gasteiger partial charge in [-0.15, -0.1) is 12.4 Å². The molecule has 0 fully saturated rings. The quantitative estimate of drug-likeness (QED) is 0.156. The summed E-state index contributed by atoms with van der Waals surface area (Å²) in [7, 11) is 8.31. The number of hydrogen-bond donors (Lipinski definition) is 1. The van der Waals surface area contributed by atoms with Crippen LogP contribution < -0.4 is 0 Å². The zero-order valence-electron chi connectivity index (χ0n) is 27.2. The minimum Gasteiger partial charge on any atom is -0.481 e. The second kappa shape index (κ2) is 31.1. The Morgan fingerprint density at radius 3 is 1.10 bits per heavy atom. The van der Waals surface area contributed by atoms with E-state index in [2.05, 4.69) is 93.4 Å². The topological polar surface area (TPSA) is 43.8 Å². The number of benzene rings is 2. The van der Waals surface area contributed by atoms with E-state index in [0.29, 0.717) is 6.42 Å². The van der Waals surface area contributed by atoms with E-state index in [1.807, 2.05) is 12.1 Å². The summed E-state index contributed by atoms with van der Waals surface area (Å²) in [6.45, 7) is 4.33. The van der Waals surface area contributed by atoms with Gasteiger partial charge in [0.1, 0.15) is 0 Å². The van der Waals surface area contributed by atoms with Gasteiger partial charge in [0.05, 0.1) is 0 Å². The molecule has 0 saturated heterocycles. The highest BCUT2D eigenvalue weighted by molar-refractivity contribution is 5.85. The lowest BCUT2D eigenvalue weighted by atomic mass is 10.0. The van der Waals surface area contributed by atoms with Gasteiger partial charge in [-0.25, -0.2) is 0 Å². The largest absolute Gasteiger partial charge is 0.481 e. The molecule has 2 aromatic rings. The van der Waals surface area contributed by atoms with E-state index in [-0.39, 0.29) is 12.4 Å². The normalized spacial score (nSPS) is 10.3. The summed E-state index contributed by atoms with van der Waals surface area (Å²) in [6.07, 6.45) is 20.2. The molecule has 236 valence electrons. The first kappa shape index (κ1) is 41.3. The minimum absolute atomic E-state index is 0. The number of carbonyl (C=O) groups is 1. The van der Waals surface area contributed by atoms with Gasteiger partial charge >= 0.3 is 5.97 Å². The molecule has 1 N–H and O–H groups in total. The lowest BCUT2D eigenvalue weighted by Crippen LogP contribution is -2.10. The third-order valence-corrected chi connectivity index (χ3v) is 6.68. The third-order valence-electron chi connectivity index (χ3n) is 6.68. The van der Waals surface area contributed by atoms with Crippen LogP contribution in [0.5, 0.6) is 0 Å². The van der Waals surface area contributed by atoms with E-state index < -0.39 is 5.97 Å². The van der Waals surface area contributed by atoms with E-state index in [1.165, 1.54) is 94.6 Å². The van der Waals surface area contributed by atoms with Crippen LogP contribution >= 0.6 is 12.4 Å². The molecule has 2 rings (SSSR count). The molecule has 0 aromatic heterocycles. The predicted molar refractivity (Wildman–Crippen MR) is 182 cm³/mol. The van der Waals surface area contributed by atoms with Crippen LogP contribution in [0.15, 0.2) is 60.7 Å². The van der Waals surface area contributed by atoms with Crippen LogP contribution in [-0.2, 0) is 17.9 Å². The van der Waals surface area contributed by atoms with Crippen LogP contribution in [0.25, 0.3) is 0 Å². The Morgan fingerprint density at radius 2 is 0.829 bits per heavy atom. The molecule has 4 nitrogen and oxygen atoms in total. The van der Waals surface area contributed by atoms with Crippen LogP contribution in [0.2, 0.25) is 0 Å². The van der Waals surface area contributed by atoms with Crippen LogP contribution in [0.4, 0.5) is 0 Å². The van der Waals surface area contributed by atoms with Crippen molar-refractivity contribution in [3.8, 4) is 0 Å². The molecule has 5 heteroatoms. The average Bonchev–Trinajstić information content (AvgIpc) is 2.92. The van der Waals surface area contributed by atoms with Gasteiger partial charge in [-0.1, -0.05) is 157 Å². The van der Waals surface area contributed by atoms with Gasteiger partial charge in [0.15, 0.2) is 0 Å². The Bertz CT molecular complexity index is 739. The van der Waals surface area contributed by atoms with Crippen molar-refractivity contribution in [3.63, 3.8) is 0 Å². The highest BCUT2D eigenvalue weighted by Crippen LogP contribution is 2.13. The van der Waals surface area contributed by atoms with Crippen molar-refractivity contribution in [2.75, 3.05) is 28.2 Å². The Kier molecular flexibility index (Phi) is 31.3. The van der Waals surface area contributed by atoms with Crippen molar-refractivity contribution in [2.24, 2.45) is 0 Å². The Hall–Kier alpha value is -1.88. The van der Waals surface area contributed by atoms with Crippen molar-refractivity contribution in [2.45, 2.75) is 123 Å². The molecule has 0 aliphatic heterocycles. The van der Waals surface area contributed by atoms with Gasteiger partial charge in [0.2, 0.25) is 0 Å². The Labute approximate surface area is 260 Å². The fraction of sp³-hybridized carbons (Fsp3) is 0.639. The van der Waals surface area contributed by atoms with E-state index in [1.54, 1.807) is 0 Å². The fourth-order valence-electron chi connectivity index (χ4n) is 4.54. The first-order valence-corrected chi connectivity index (χ1v) is 15.9. The lowest BCUT2D eigenvalue weighted by Gasteiger charge is -2.08. The summed E-state index contributed by atoms with van der Waals surface area (Å²) in [5.41, 5.74) is 2.74. The van der Waals surface area contributed by atoms with Crippen molar-refractivity contribution in [1.29, 1.82) is 0 Å². The van der Waals surface area contributed by atoms with Gasteiger partial charge in [0, 0.05) is 19.5 Å². The van der Waals surface area contributed by atoms with E-state index in [4.69, 9.17) is 5.11 Å². The average molecular weight is 591 g/mol.